The monoisotopic (exact) mass is 579 g/mol. The quantitative estimate of drug-likeness (QED) is 0.169. The maximum absolute atomic E-state index is 13.0. The number of hydrogen-bond acceptors (Lipinski definition) is 7. The Morgan fingerprint density at radius 1 is 1.00 bits per heavy atom. The summed E-state index contributed by atoms with van der Waals surface area (Å²) in [6, 6.07) is 23.8. The molecule has 0 amide bonds. The molecule has 0 saturated carbocycles. The third-order valence-corrected chi connectivity index (χ3v) is 7.76. The lowest BCUT2D eigenvalue weighted by Gasteiger charge is -2.13. The van der Waals surface area contributed by atoms with Crippen molar-refractivity contribution in [1.82, 2.24) is 14.8 Å². The second-order valence-corrected chi connectivity index (χ2v) is 12.5. The van der Waals surface area contributed by atoms with E-state index in [4.69, 9.17) is 24.0 Å². The average molecular weight is 580 g/mol. The minimum atomic E-state index is -0.457. The van der Waals surface area contributed by atoms with E-state index in [0.717, 1.165) is 44.1 Å². The van der Waals surface area contributed by atoms with Crippen LogP contribution in [0.15, 0.2) is 82.6 Å². The first-order valence-electron chi connectivity index (χ1n) is 14.0. The first-order valence-corrected chi connectivity index (χ1v) is 14.9. The summed E-state index contributed by atoms with van der Waals surface area (Å²) < 4.78 is 19.6. The van der Waals surface area contributed by atoms with Gasteiger partial charge in [0.15, 0.2) is 16.5 Å². The third kappa shape index (κ3) is 5.81. The number of fused-ring (bicyclic) bond motifs is 2. The van der Waals surface area contributed by atoms with Crippen molar-refractivity contribution in [2.45, 2.75) is 59.3 Å². The molecule has 0 bridgehead atoms. The zero-order chi connectivity index (χ0) is 29.4. The van der Waals surface area contributed by atoms with Crippen molar-refractivity contribution in [2.24, 2.45) is 0 Å². The molecular formula is C34H33N3O4S. The molecule has 214 valence electrons. The summed E-state index contributed by atoms with van der Waals surface area (Å²) in [5, 5.41) is 9.35. The van der Waals surface area contributed by atoms with Gasteiger partial charge >= 0.3 is 5.97 Å². The second kappa shape index (κ2) is 11.1. The fourth-order valence-corrected chi connectivity index (χ4v) is 5.73. The Morgan fingerprint density at radius 2 is 1.81 bits per heavy atom. The molecule has 0 radical (unpaired) electrons. The van der Waals surface area contributed by atoms with Crippen molar-refractivity contribution in [3.8, 4) is 16.5 Å². The molecule has 6 aromatic rings. The van der Waals surface area contributed by atoms with Gasteiger partial charge in [-0.3, -0.25) is 4.68 Å². The van der Waals surface area contributed by atoms with Crippen LogP contribution in [0.3, 0.4) is 0 Å². The van der Waals surface area contributed by atoms with Gasteiger partial charge in [0.25, 0.3) is 0 Å². The van der Waals surface area contributed by atoms with Gasteiger partial charge in [0.1, 0.15) is 17.9 Å². The molecule has 0 aliphatic carbocycles. The molecule has 0 N–H and O–H groups in total. The molecule has 6 rings (SSSR count). The van der Waals surface area contributed by atoms with Crippen LogP contribution >= 0.6 is 11.3 Å². The number of thiazole rings is 1. The van der Waals surface area contributed by atoms with Crippen molar-refractivity contribution < 1.29 is 18.7 Å². The van der Waals surface area contributed by atoms with Gasteiger partial charge in [0.2, 0.25) is 0 Å². The van der Waals surface area contributed by atoms with E-state index in [1.54, 1.807) is 11.3 Å². The van der Waals surface area contributed by atoms with E-state index in [0.29, 0.717) is 24.3 Å². The number of ether oxygens (including phenoxy) is 2. The summed E-state index contributed by atoms with van der Waals surface area (Å²) in [6.07, 6.45) is -0.259. The van der Waals surface area contributed by atoms with Gasteiger partial charge in [-0.15, -0.1) is 11.3 Å². The lowest BCUT2D eigenvalue weighted by atomic mass is 9.93. The minimum absolute atomic E-state index is 0.0182. The highest BCUT2D eigenvalue weighted by atomic mass is 32.1. The molecule has 3 heterocycles. The van der Waals surface area contributed by atoms with Gasteiger partial charge in [-0.2, -0.15) is 5.10 Å². The molecule has 0 spiro atoms. The third-order valence-electron chi connectivity index (χ3n) is 6.90. The van der Waals surface area contributed by atoms with E-state index in [9.17, 15) is 4.79 Å². The predicted molar refractivity (Wildman–Crippen MR) is 166 cm³/mol. The van der Waals surface area contributed by atoms with E-state index >= 15 is 0 Å². The van der Waals surface area contributed by atoms with E-state index in [1.165, 1.54) is 0 Å². The molecular weight excluding hydrogens is 546 g/mol. The van der Waals surface area contributed by atoms with Crippen LogP contribution in [-0.2, 0) is 23.3 Å². The number of benzene rings is 3. The fourth-order valence-electron chi connectivity index (χ4n) is 4.73. The number of nitrogens with zero attached hydrogens (tertiary/aromatic N) is 3. The molecule has 0 fully saturated rings. The smallest absolute Gasteiger partial charge is 0.359 e. The SMILES string of the molecule is CC(C)OC(=O)c1nn(Cc2ccc3oc(-c4nc(C(C)(C)C)cs4)cc3c2)c2ccc(OCc3ccccc3)cc12. The van der Waals surface area contributed by atoms with E-state index in [1.807, 2.05) is 85.3 Å². The van der Waals surface area contributed by atoms with Crippen LogP contribution in [0.25, 0.3) is 32.6 Å². The molecule has 0 aliphatic heterocycles. The Labute approximate surface area is 248 Å². The topological polar surface area (TPSA) is 79.4 Å². The molecule has 7 nitrogen and oxygen atoms in total. The lowest BCUT2D eigenvalue weighted by Crippen LogP contribution is -2.13. The first-order chi connectivity index (χ1) is 20.1. The molecule has 0 saturated heterocycles. The lowest BCUT2D eigenvalue weighted by molar-refractivity contribution is 0.0372. The van der Waals surface area contributed by atoms with Gasteiger partial charge in [0.05, 0.1) is 23.9 Å². The number of esters is 1. The highest BCUT2D eigenvalue weighted by Gasteiger charge is 2.22. The standard InChI is InChI=1S/C34H33N3O4S/c1-21(2)40-33(38)31-26-17-25(39-19-22-9-7-6-8-10-22)12-13-27(26)37(36-31)18-23-11-14-28-24(15-23)16-29(41-28)32-35-30(20-42-32)34(3,4)5/h6-17,20-21H,18-19H2,1-5H3. The number of hydrogen-bond donors (Lipinski definition) is 0. The summed E-state index contributed by atoms with van der Waals surface area (Å²) in [5.41, 5.74) is 5.02. The summed E-state index contributed by atoms with van der Waals surface area (Å²) >= 11 is 1.59. The highest BCUT2D eigenvalue weighted by molar-refractivity contribution is 7.13. The van der Waals surface area contributed by atoms with Crippen LogP contribution in [-0.4, -0.2) is 26.8 Å². The maximum atomic E-state index is 13.0. The Bertz CT molecular complexity index is 1880. The summed E-state index contributed by atoms with van der Waals surface area (Å²) in [4.78, 5) is 17.9. The molecule has 3 aromatic heterocycles. The zero-order valence-corrected chi connectivity index (χ0v) is 25.2. The molecule has 0 unspecified atom stereocenters. The first kappa shape index (κ1) is 27.7. The fraction of sp³-hybridized carbons (Fsp3) is 0.265. The zero-order valence-electron chi connectivity index (χ0n) is 24.4. The Morgan fingerprint density at radius 3 is 2.55 bits per heavy atom. The Hall–Kier alpha value is -4.43. The van der Waals surface area contributed by atoms with Crippen LogP contribution in [0.2, 0.25) is 0 Å². The van der Waals surface area contributed by atoms with Crippen molar-refractivity contribution in [2.75, 3.05) is 0 Å². The Balaban J connectivity index is 1.30. The van der Waals surface area contributed by atoms with Crippen molar-refractivity contribution in [1.29, 1.82) is 0 Å². The largest absolute Gasteiger partial charge is 0.489 e. The average Bonchev–Trinajstić information content (AvgIpc) is 3.69. The van der Waals surface area contributed by atoms with Crippen LogP contribution in [0.1, 0.15) is 61.9 Å². The van der Waals surface area contributed by atoms with Crippen molar-refractivity contribution in [3.05, 3.63) is 101 Å². The summed E-state index contributed by atoms with van der Waals surface area (Å²) in [6.45, 7) is 11.0. The minimum Gasteiger partial charge on any atom is -0.489 e. The molecule has 3 aromatic carbocycles. The Kier molecular flexibility index (Phi) is 7.33. The highest BCUT2D eigenvalue weighted by Crippen LogP contribution is 2.34. The van der Waals surface area contributed by atoms with Crippen molar-refractivity contribution in [3.63, 3.8) is 0 Å². The molecule has 42 heavy (non-hydrogen) atoms. The normalized spacial score (nSPS) is 12.0. The van der Waals surface area contributed by atoms with Crippen LogP contribution in [0.4, 0.5) is 0 Å². The van der Waals surface area contributed by atoms with Crippen molar-refractivity contribution >= 4 is 39.2 Å². The van der Waals surface area contributed by atoms with Crippen LogP contribution in [0, 0.1) is 0 Å². The molecule has 0 atom stereocenters. The molecule has 8 heteroatoms. The van der Waals surface area contributed by atoms with E-state index < -0.39 is 5.97 Å². The van der Waals surface area contributed by atoms with Gasteiger partial charge in [-0.05, 0) is 61.4 Å². The van der Waals surface area contributed by atoms with Gasteiger partial charge in [-0.1, -0.05) is 57.2 Å². The number of carbonyl (C=O) groups is 1. The summed E-state index contributed by atoms with van der Waals surface area (Å²) in [5.74, 6) is 0.963. The molecule has 0 aliphatic rings. The second-order valence-electron chi connectivity index (χ2n) is 11.7. The number of aromatic nitrogens is 3. The maximum Gasteiger partial charge on any atom is 0.359 e. The number of carbonyl (C=O) groups excluding carboxylic acids is 1. The number of rotatable bonds is 8. The van der Waals surface area contributed by atoms with E-state index in [2.05, 4.69) is 32.2 Å². The van der Waals surface area contributed by atoms with Gasteiger partial charge in [0, 0.05) is 21.6 Å². The van der Waals surface area contributed by atoms with Crippen LogP contribution in [0.5, 0.6) is 5.75 Å². The number of furan rings is 1. The van der Waals surface area contributed by atoms with E-state index in [-0.39, 0.29) is 17.2 Å². The summed E-state index contributed by atoms with van der Waals surface area (Å²) in [7, 11) is 0. The van der Waals surface area contributed by atoms with Crippen LogP contribution < -0.4 is 4.74 Å². The predicted octanol–water partition coefficient (Wildman–Crippen LogP) is 8.40. The van der Waals surface area contributed by atoms with Gasteiger partial charge in [-0.25, -0.2) is 9.78 Å². The van der Waals surface area contributed by atoms with Gasteiger partial charge < -0.3 is 13.9 Å².